The Morgan fingerprint density at radius 1 is 1.39 bits per heavy atom. The third-order valence-corrected chi connectivity index (χ3v) is 7.03. The number of rotatable bonds is 9. The number of hydrogen-bond acceptors (Lipinski definition) is 6. The van der Waals surface area contributed by atoms with E-state index in [9.17, 15) is 5.26 Å². The van der Waals surface area contributed by atoms with E-state index in [0.29, 0.717) is 12.2 Å². The highest BCUT2D eigenvalue weighted by molar-refractivity contribution is 6.07. The number of fused-ring (bicyclic) bond motifs is 1. The number of nitriles is 1. The summed E-state index contributed by atoms with van der Waals surface area (Å²) in [7, 11) is 1.88. The summed E-state index contributed by atoms with van der Waals surface area (Å²) in [5.74, 6) is 0.985. The van der Waals surface area contributed by atoms with Gasteiger partial charge in [-0.05, 0) is 31.6 Å². The van der Waals surface area contributed by atoms with E-state index in [4.69, 9.17) is 10.4 Å². The van der Waals surface area contributed by atoms with Crippen molar-refractivity contribution >= 4 is 17.4 Å². The van der Waals surface area contributed by atoms with Crippen molar-refractivity contribution in [2.75, 3.05) is 13.1 Å². The lowest BCUT2D eigenvalue weighted by atomic mass is 9.70. The number of imidazole rings is 1. The first kappa shape index (κ1) is 21.5. The molecule has 5 rings (SSSR count). The first-order valence-electron chi connectivity index (χ1n) is 11.7. The molecule has 1 saturated heterocycles. The zero-order valence-electron chi connectivity index (χ0n) is 19.3. The highest BCUT2D eigenvalue weighted by Crippen LogP contribution is 2.45. The molecule has 1 aliphatic heterocycles. The van der Waals surface area contributed by atoms with Gasteiger partial charge >= 0.3 is 0 Å². The second kappa shape index (κ2) is 8.56. The smallest absolute Gasteiger partial charge is 0.147 e. The van der Waals surface area contributed by atoms with Crippen LogP contribution < -0.4 is 0 Å². The molecule has 2 fully saturated rings. The van der Waals surface area contributed by atoms with Crippen LogP contribution in [0.3, 0.4) is 0 Å². The molecule has 8 nitrogen and oxygen atoms in total. The van der Waals surface area contributed by atoms with Gasteiger partial charge in [0.1, 0.15) is 11.5 Å². The van der Waals surface area contributed by atoms with Crippen molar-refractivity contribution in [1.82, 2.24) is 29.0 Å². The lowest BCUT2D eigenvalue weighted by Gasteiger charge is -2.51. The summed E-state index contributed by atoms with van der Waals surface area (Å²) in [5, 5.41) is 22.0. The van der Waals surface area contributed by atoms with Crippen LogP contribution in [0.2, 0.25) is 0 Å². The van der Waals surface area contributed by atoms with Crippen LogP contribution in [0.5, 0.6) is 0 Å². The molecule has 8 heteroatoms. The van der Waals surface area contributed by atoms with Crippen LogP contribution in [0, 0.1) is 28.1 Å². The second-order valence-corrected chi connectivity index (χ2v) is 9.63. The summed E-state index contributed by atoms with van der Waals surface area (Å²) in [5.41, 5.74) is 3.35. The van der Waals surface area contributed by atoms with Crippen LogP contribution in [0.25, 0.3) is 22.5 Å². The maximum Gasteiger partial charge on any atom is 0.147 e. The molecule has 33 heavy (non-hydrogen) atoms. The molecule has 1 N–H and O–H groups in total. The van der Waals surface area contributed by atoms with Gasteiger partial charge in [-0.1, -0.05) is 13.0 Å². The average Bonchev–Trinajstić information content (AvgIpc) is 3.35. The van der Waals surface area contributed by atoms with Crippen molar-refractivity contribution < 1.29 is 0 Å². The molecule has 2 aliphatic rings. The van der Waals surface area contributed by atoms with Crippen molar-refractivity contribution in [3.05, 3.63) is 42.8 Å². The Morgan fingerprint density at radius 3 is 2.85 bits per heavy atom. The number of hydrogen-bond donors (Lipinski definition) is 1. The SMILES string of the molecule is CCC(C=C(C=N)c1nc(-c2cnn(C)c2)cc2nccn12)CC1(CC#N)CN(C2CC2)C1. The van der Waals surface area contributed by atoms with E-state index in [1.807, 2.05) is 29.9 Å². The van der Waals surface area contributed by atoms with Gasteiger partial charge in [0.25, 0.3) is 0 Å². The highest BCUT2D eigenvalue weighted by atomic mass is 15.3. The molecule has 1 unspecified atom stereocenters. The van der Waals surface area contributed by atoms with E-state index in [0.717, 1.165) is 54.5 Å². The fourth-order valence-corrected chi connectivity index (χ4v) is 5.14. The lowest BCUT2D eigenvalue weighted by Crippen LogP contribution is -2.57. The van der Waals surface area contributed by atoms with Gasteiger partial charge in [0.15, 0.2) is 0 Å². The molecule has 1 aliphatic carbocycles. The number of likely N-dealkylation sites (tertiary alicyclic amines) is 1. The number of allylic oxidation sites excluding steroid dienone is 2. The Balaban J connectivity index is 1.47. The molecule has 3 aromatic heterocycles. The third kappa shape index (κ3) is 4.21. The molecular weight excluding hydrogens is 412 g/mol. The van der Waals surface area contributed by atoms with Crippen molar-refractivity contribution in [3.63, 3.8) is 0 Å². The van der Waals surface area contributed by atoms with Gasteiger partial charge in [-0.3, -0.25) is 14.0 Å². The highest BCUT2D eigenvalue weighted by Gasteiger charge is 2.48. The Kier molecular flexibility index (Phi) is 5.59. The van der Waals surface area contributed by atoms with Crippen LogP contribution in [-0.2, 0) is 7.05 Å². The largest absolute Gasteiger partial charge is 0.308 e. The minimum Gasteiger partial charge on any atom is -0.308 e. The van der Waals surface area contributed by atoms with Crippen molar-refractivity contribution in [2.45, 2.75) is 45.1 Å². The molecule has 170 valence electrons. The average molecular weight is 443 g/mol. The first-order chi connectivity index (χ1) is 16.0. The standard InChI is InChI=1S/C25H30N8/c1-3-18(12-25(6-7-26)16-32(17-25)21-4-5-21)10-19(13-27)24-30-22(20-14-29-31(2)15-20)11-23-28-8-9-33(23)24/h8-11,13-15,18,21,27H,3-6,12,16-17H2,1-2H3. The zero-order valence-corrected chi connectivity index (χ0v) is 19.3. The topological polar surface area (TPSA) is 98.9 Å². The van der Waals surface area contributed by atoms with Crippen molar-refractivity contribution in [1.29, 1.82) is 10.7 Å². The summed E-state index contributed by atoms with van der Waals surface area (Å²) < 4.78 is 3.69. The molecule has 0 bridgehead atoms. The normalized spacial score (nSPS) is 19.2. The van der Waals surface area contributed by atoms with Gasteiger partial charge in [0.05, 0.1) is 18.0 Å². The van der Waals surface area contributed by atoms with Crippen LogP contribution in [0.4, 0.5) is 0 Å². The second-order valence-electron chi connectivity index (χ2n) is 9.63. The zero-order chi connectivity index (χ0) is 23.0. The summed E-state index contributed by atoms with van der Waals surface area (Å²) in [4.78, 5) is 11.9. The van der Waals surface area contributed by atoms with Crippen LogP contribution >= 0.6 is 0 Å². The number of aryl methyl sites for hydroxylation is 1. The molecule has 0 radical (unpaired) electrons. The molecule has 0 spiro atoms. The fraction of sp³-hybridized carbons (Fsp3) is 0.480. The van der Waals surface area contributed by atoms with E-state index >= 15 is 0 Å². The van der Waals surface area contributed by atoms with Crippen LogP contribution in [0.15, 0.2) is 36.9 Å². The minimum atomic E-state index is 0.0664. The van der Waals surface area contributed by atoms with Gasteiger partial charge in [-0.2, -0.15) is 10.4 Å². The monoisotopic (exact) mass is 442 g/mol. The van der Waals surface area contributed by atoms with E-state index in [1.165, 1.54) is 19.1 Å². The summed E-state index contributed by atoms with van der Waals surface area (Å²) in [6.45, 7) is 4.23. The van der Waals surface area contributed by atoms with Crippen LogP contribution in [-0.4, -0.2) is 54.4 Å². The van der Waals surface area contributed by atoms with E-state index in [1.54, 1.807) is 17.1 Å². The third-order valence-electron chi connectivity index (χ3n) is 7.03. The molecule has 0 amide bonds. The molecule has 1 atom stereocenters. The van der Waals surface area contributed by atoms with Crippen molar-refractivity contribution in [2.24, 2.45) is 18.4 Å². The minimum absolute atomic E-state index is 0.0664. The van der Waals surface area contributed by atoms with Gasteiger partial charge in [0, 0.05) is 80.0 Å². The molecule has 3 aromatic rings. The van der Waals surface area contributed by atoms with Crippen molar-refractivity contribution in [3.8, 4) is 17.3 Å². The van der Waals surface area contributed by atoms with Gasteiger partial charge in [-0.25, -0.2) is 9.97 Å². The van der Waals surface area contributed by atoms with E-state index in [-0.39, 0.29) is 11.3 Å². The first-order valence-corrected chi connectivity index (χ1v) is 11.7. The predicted molar refractivity (Wildman–Crippen MR) is 128 cm³/mol. The number of nitrogens with zero attached hydrogens (tertiary/aromatic N) is 7. The van der Waals surface area contributed by atoms with Gasteiger partial charge in [-0.15, -0.1) is 0 Å². The Labute approximate surface area is 194 Å². The van der Waals surface area contributed by atoms with Gasteiger partial charge in [0.2, 0.25) is 0 Å². The fourth-order valence-electron chi connectivity index (χ4n) is 5.14. The maximum absolute atomic E-state index is 9.49. The lowest BCUT2D eigenvalue weighted by molar-refractivity contribution is -0.0174. The van der Waals surface area contributed by atoms with E-state index in [2.05, 4.69) is 34.1 Å². The molecule has 0 aromatic carbocycles. The Morgan fingerprint density at radius 2 is 2.21 bits per heavy atom. The van der Waals surface area contributed by atoms with Gasteiger partial charge < -0.3 is 5.41 Å². The quantitative estimate of drug-likeness (QED) is 0.506. The predicted octanol–water partition coefficient (Wildman–Crippen LogP) is 3.96. The number of nitrogens with one attached hydrogen (secondary N) is 1. The number of aromatic nitrogens is 5. The molecular formula is C25H30N8. The summed E-state index contributed by atoms with van der Waals surface area (Å²) >= 11 is 0. The van der Waals surface area contributed by atoms with E-state index < -0.39 is 0 Å². The Bertz CT molecular complexity index is 1230. The summed E-state index contributed by atoms with van der Waals surface area (Å²) in [6.07, 6.45) is 16.1. The summed E-state index contributed by atoms with van der Waals surface area (Å²) in [6, 6.07) is 5.14. The van der Waals surface area contributed by atoms with Crippen LogP contribution in [0.1, 0.15) is 44.9 Å². The Hall–Kier alpha value is -3.31. The maximum atomic E-state index is 9.49. The molecule has 1 saturated carbocycles. The molecule has 4 heterocycles.